The molecule has 1 aliphatic heterocycles. The number of hydrogen-bond donors (Lipinski definition) is 0. The van der Waals surface area contributed by atoms with Crippen molar-refractivity contribution in [2.75, 3.05) is 32.8 Å². The normalized spacial score (nSPS) is 17.2. The monoisotopic (exact) mass is 346 g/mol. The molecule has 3 rings (SSSR count). The van der Waals surface area contributed by atoms with Gasteiger partial charge in [0.1, 0.15) is 5.75 Å². The molecule has 0 spiro atoms. The van der Waals surface area contributed by atoms with Crippen molar-refractivity contribution < 1.29 is 23.9 Å². The second-order valence-electron chi connectivity index (χ2n) is 6.20. The van der Waals surface area contributed by atoms with Gasteiger partial charge in [0.25, 0.3) is 5.91 Å². The summed E-state index contributed by atoms with van der Waals surface area (Å²) in [4.78, 5) is 39.5. The summed E-state index contributed by atoms with van der Waals surface area (Å²) in [6, 6.07) is 6.38. The first-order chi connectivity index (χ1) is 12.1. The van der Waals surface area contributed by atoms with E-state index in [0.29, 0.717) is 37.5 Å². The minimum atomic E-state index is -0.766. The maximum atomic E-state index is 12.5. The van der Waals surface area contributed by atoms with Crippen molar-refractivity contribution in [3.8, 4) is 5.75 Å². The highest BCUT2D eigenvalue weighted by molar-refractivity contribution is 5.94. The van der Waals surface area contributed by atoms with Gasteiger partial charge in [-0.25, -0.2) is 4.79 Å². The van der Waals surface area contributed by atoms with E-state index >= 15 is 0 Å². The highest BCUT2D eigenvalue weighted by atomic mass is 16.7. The molecule has 0 N–H and O–H groups in total. The highest BCUT2D eigenvalue weighted by Gasteiger charge is 2.35. The lowest BCUT2D eigenvalue weighted by atomic mass is 10.1. The number of ether oxygens (including phenoxy) is 2. The predicted octanol–water partition coefficient (Wildman–Crippen LogP) is 1.92. The van der Waals surface area contributed by atoms with Crippen molar-refractivity contribution in [3.05, 3.63) is 29.8 Å². The molecule has 0 aromatic heterocycles. The molecule has 2 amide bonds. The van der Waals surface area contributed by atoms with Crippen molar-refractivity contribution in [1.82, 2.24) is 9.80 Å². The van der Waals surface area contributed by atoms with Crippen molar-refractivity contribution in [2.45, 2.75) is 19.8 Å². The van der Waals surface area contributed by atoms with Crippen LogP contribution >= 0.6 is 0 Å². The highest BCUT2D eigenvalue weighted by Crippen LogP contribution is 2.31. The number of carbonyl (C=O) groups is 3. The van der Waals surface area contributed by atoms with Crippen LogP contribution < -0.4 is 4.74 Å². The molecule has 1 aliphatic carbocycles. The van der Waals surface area contributed by atoms with Gasteiger partial charge in [0.15, 0.2) is 0 Å². The Morgan fingerprint density at radius 1 is 1.00 bits per heavy atom. The Labute approximate surface area is 146 Å². The van der Waals surface area contributed by atoms with Crippen LogP contribution in [0.15, 0.2) is 24.3 Å². The van der Waals surface area contributed by atoms with Crippen molar-refractivity contribution in [3.63, 3.8) is 0 Å². The van der Waals surface area contributed by atoms with Crippen LogP contribution in [-0.2, 0) is 9.53 Å². The van der Waals surface area contributed by atoms with Gasteiger partial charge in [-0.15, -0.1) is 0 Å². The van der Waals surface area contributed by atoms with Gasteiger partial charge in [-0.2, -0.15) is 0 Å². The van der Waals surface area contributed by atoms with E-state index in [-0.39, 0.29) is 24.3 Å². The van der Waals surface area contributed by atoms with Crippen LogP contribution in [0.25, 0.3) is 0 Å². The van der Waals surface area contributed by atoms with Gasteiger partial charge < -0.3 is 19.3 Å². The number of rotatable bonds is 4. The lowest BCUT2D eigenvalue weighted by Crippen LogP contribution is -2.51. The number of carbonyl (C=O) groups excluding carboxylic acids is 3. The topological polar surface area (TPSA) is 76.2 Å². The Hall–Kier alpha value is -2.57. The van der Waals surface area contributed by atoms with Crippen LogP contribution in [-0.4, -0.2) is 60.6 Å². The van der Waals surface area contributed by atoms with Crippen LogP contribution in [0.1, 0.15) is 30.1 Å². The fraction of sp³-hybridized carbons (Fsp3) is 0.500. The zero-order chi connectivity index (χ0) is 17.8. The fourth-order valence-electron chi connectivity index (χ4n) is 2.81. The van der Waals surface area contributed by atoms with E-state index in [9.17, 15) is 14.4 Å². The second kappa shape index (κ2) is 7.55. The molecule has 7 nitrogen and oxygen atoms in total. The molecule has 1 saturated heterocycles. The third kappa shape index (κ3) is 4.29. The Kier molecular flexibility index (Phi) is 5.21. The molecule has 0 atom stereocenters. The molecule has 0 unspecified atom stereocenters. The molecule has 1 aromatic rings. The number of hydrogen-bond acceptors (Lipinski definition) is 5. The van der Waals surface area contributed by atoms with Crippen molar-refractivity contribution in [1.29, 1.82) is 0 Å². The number of piperazine rings is 1. The summed E-state index contributed by atoms with van der Waals surface area (Å²) in [5.74, 6) is 0.692. The van der Waals surface area contributed by atoms with Crippen LogP contribution in [0.3, 0.4) is 0 Å². The molecule has 7 heteroatoms. The van der Waals surface area contributed by atoms with Gasteiger partial charge in [0.2, 0.25) is 5.91 Å². The molecular weight excluding hydrogens is 324 g/mol. The molecule has 2 aliphatic rings. The molecule has 1 saturated carbocycles. The quantitative estimate of drug-likeness (QED) is 0.615. The van der Waals surface area contributed by atoms with Crippen LogP contribution in [0, 0.1) is 5.92 Å². The summed E-state index contributed by atoms with van der Waals surface area (Å²) in [5.41, 5.74) is 0.526. The molecule has 25 heavy (non-hydrogen) atoms. The molecule has 0 bridgehead atoms. The Balaban J connectivity index is 1.52. The maximum absolute atomic E-state index is 12.5. The Morgan fingerprint density at radius 3 is 2.16 bits per heavy atom. The molecule has 134 valence electrons. The first-order valence-corrected chi connectivity index (χ1v) is 8.61. The first-order valence-electron chi connectivity index (χ1n) is 8.61. The second-order valence-corrected chi connectivity index (χ2v) is 6.20. The zero-order valence-corrected chi connectivity index (χ0v) is 14.3. The van der Waals surface area contributed by atoms with Gasteiger partial charge in [-0.3, -0.25) is 9.59 Å². The van der Waals surface area contributed by atoms with E-state index < -0.39 is 6.16 Å². The van der Waals surface area contributed by atoms with Crippen molar-refractivity contribution >= 4 is 18.0 Å². The smallest absolute Gasteiger partial charge is 0.434 e. The summed E-state index contributed by atoms with van der Waals surface area (Å²) in [7, 11) is 0. The van der Waals surface area contributed by atoms with Gasteiger partial charge in [0, 0.05) is 37.7 Å². The first kappa shape index (κ1) is 17.3. The minimum Gasteiger partial charge on any atom is -0.434 e. The lowest BCUT2D eigenvalue weighted by Gasteiger charge is -2.35. The van der Waals surface area contributed by atoms with E-state index in [4.69, 9.17) is 9.47 Å². The average molecular weight is 346 g/mol. The number of benzene rings is 1. The standard InChI is InChI=1S/C18H22N2O5/c1-2-24-18(23)25-15-7-5-14(6-8-15)17(22)20-11-9-19(10-12-20)16(21)13-3-4-13/h5-8,13H,2-4,9-12H2,1H3. The average Bonchev–Trinajstić information content (AvgIpc) is 3.47. The molecular formula is C18H22N2O5. The summed E-state index contributed by atoms with van der Waals surface area (Å²) in [6.07, 6.45) is 1.23. The van der Waals surface area contributed by atoms with Crippen LogP contribution in [0.2, 0.25) is 0 Å². The van der Waals surface area contributed by atoms with Gasteiger partial charge in [-0.05, 0) is 44.0 Å². The largest absolute Gasteiger partial charge is 0.513 e. The van der Waals surface area contributed by atoms with Gasteiger partial charge >= 0.3 is 6.16 Å². The molecule has 1 aromatic carbocycles. The van der Waals surface area contributed by atoms with E-state index in [0.717, 1.165) is 12.8 Å². The molecule has 2 fully saturated rings. The van der Waals surface area contributed by atoms with Crippen LogP contribution in [0.4, 0.5) is 4.79 Å². The summed E-state index contributed by atoms with van der Waals surface area (Å²) < 4.78 is 9.67. The maximum Gasteiger partial charge on any atom is 0.513 e. The minimum absolute atomic E-state index is 0.0822. The third-order valence-corrected chi connectivity index (χ3v) is 4.37. The molecule has 1 heterocycles. The number of nitrogens with zero attached hydrogens (tertiary/aromatic N) is 2. The Morgan fingerprint density at radius 2 is 1.60 bits per heavy atom. The third-order valence-electron chi connectivity index (χ3n) is 4.37. The Bertz CT molecular complexity index is 646. The molecule has 0 radical (unpaired) electrons. The lowest BCUT2D eigenvalue weighted by molar-refractivity contribution is -0.134. The van der Waals surface area contributed by atoms with Crippen molar-refractivity contribution in [2.24, 2.45) is 5.92 Å². The summed E-state index contributed by atoms with van der Waals surface area (Å²) >= 11 is 0. The fourth-order valence-corrected chi connectivity index (χ4v) is 2.81. The zero-order valence-electron chi connectivity index (χ0n) is 14.3. The predicted molar refractivity (Wildman–Crippen MR) is 89.3 cm³/mol. The SMILES string of the molecule is CCOC(=O)Oc1ccc(C(=O)N2CCN(C(=O)C3CC3)CC2)cc1. The van der Waals surface area contributed by atoms with E-state index in [2.05, 4.69) is 0 Å². The van der Waals surface area contributed by atoms with Gasteiger partial charge in [0.05, 0.1) is 6.61 Å². The number of amides is 2. The van der Waals surface area contributed by atoms with Gasteiger partial charge in [-0.1, -0.05) is 0 Å². The van der Waals surface area contributed by atoms with E-state index in [1.165, 1.54) is 0 Å². The summed E-state index contributed by atoms with van der Waals surface area (Å²) in [6.45, 7) is 4.19. The van der Waals surface area contributed by atoms with E-state index in [1.54, 1.807) is 36.1 Å². The van der Waals surface area contributed by atoms with Crippen LogP contribution in [0.5, 0.6) is 5.75 Å². The van der Waals surface area contributed by atoms with E-state index in [1.807, 2.05) is 4.90 Å². The summed E-state index contributed by atoms with van der Waals surface area (Å²) in [5, 5.41) is 0.